The lowest BCUT2D eigenvalue weighted by molar-refractivity contribution is -0.115. The van der Waals surface area contributed by atoms with Gasteiger partial charge >= 0.3 is 0 Å². The summed E-state index contributed by atoms with van der Waals surface area (Å²) in [7, 11) is 3.21. The summed E-state index contributed by atoms with van der Waals surface area (Å²) in [4.78, 5) is 11.4. The van der Waals surface area contributed by atoms with Crippen LogP contribution in [0.2, 0.25) is 0 Å². The fraction of sp³-hybridized carbons (Fsp3) is 0.235. The van der Waals surface area contributed by atoms with Crippen molar-refractivity contribution in [3.63, 3.8) is 0 Å². The van der Waals surface area contributed by atoms with E-state index in [1.165, 1.54) is 0 Å². The summed E-state index contributed by atoms with van der Waals surface area (Å²) in [5, 5.41) is 2.31. The number of benzene rings is 2. The molecule has 0 heterocycles. The van der Waals surface area contributed by atoms with Crippen molar-refractivity contribution in [2.45, 2.75) is 6.10 Å². The Balaban J connectivity index is 2.25. The van der Waals surface area contributed by atoms with Gasteiger partial charge in [-0.25, -0.2) is 0 Å². The molecule has 3 nitrogen and oxygen atoms in total. The van der Waals surface area contributed by atoms with Gasteiger partial charge in [-0.3, -0.25) is 0 Å². The molecule has 2 aromatic carbocycles. The van der Waals surface area contributed by atoms with E-state index in [2.05, 4.69) is 24.3 Å². The van der Waals surface area contributed by atoms with Gasteiger partial charge in [0.25, 0.3) is 0 Å². The van der Waals surface area contributed by atoms with E-state index >= 15 is 0 Å². The smallest absolute Gasteiger partial charge is 0.133 e. The Bertz CT molecular complexity index is 688. The number of carbonyl (C=O) groups excluding carboxylic acids is 1. The van der Waals surface area contributed by atoms with Crippen LogP contribution in [-0.4, -0.2) is 20.5 Å². The maximum Gasteiger partial charge on any atom is 0.133 e. The lowest BCUT2D eigenvalue weighted by Gasteiger charge is -2.29. The normalized spacial score (nSPS) is 21.2. The molecule has 0 saturated heterocycles. The number of fused-ring (bicyclic) bond motifs is 2. The van der Waals surface area contributed by atoms with Gasteiger partial charge in [0.1, 0.15) is 18.0 Å². The summed E-state index contributed by atoms with van der Waals surface area (Å²) in [6.45, 7) is 0. The molecule has 2 aromatic rings. The third-order valence-corrected chi connectivity index (χ3v) is 3.85. The molecule has 1 aliphatic rings. The van der Waals surface area contributed by atoms with Crippen LogP contribution >= 0.6 is 0 Å². The molecular weight excluding hydrogens is 252 g/mol. The van der Waals surface area contributed by atoms with Crippen molar-refractivity contribution in [2.24, 2.45) is 5.92 Å². The van der Waals surface area contributed by atoms with Crippen LogP contribution < -0.4 is 0 Å². The molecule has 2 unspecified atom stereocenters. The van der Waals surface area contributed by atoms with Gasteiger partial charge in [-0.2, -0.15) is 0 Å². The minimum Gasteiger partial charge on any atom is -0.500 e. The minimum absolute atomic E-state index is 0.299. The Morgan fingerprint density at radius 2 is 1.80 bits per heavy atom. The molecule has 0 N–H and O–H groups in total. The first-order valence-electron chi connectivity index (χ1n) is 6.55. The molecule has 2 atom stereocenters. The minimum atomic E-state index is -0.390. The molecule has 0 radical (unpaired) electrons. The summed E-state index contributed by atoms with van der Waals surface area (Å²) >= 11 is 0. The van der Waals surface area contributed by atoms with Crippen molar-refractivity contribution < 1.29 is 14.3 Å². The number of methoxy groups -OCH3 is 2. The van der Waals surface area contributed by atoms with Crippen LogP contribution in [-0.2, 0) is 14.3 Å². The quantitative estimate of drug-likeness (QED) is 0.801. The van der Waals surface area contributed by atoms with Crippen molar-refractivity contribution in [1.82, 2.24) is 0 Å². The van der Waals surface area contributed by atoms with Crippen LogP contribution in [0.5, 0.6) is 0 Å². The molecule has 0 spiro atoms. The zero-order valence-electron chi connectivity index (χ0n) is 11.5. The lowest BCUT2D eigenvalue weighted by Crippen LogP contribution is -2.23. The predicted molar refractivity (Wildman–Crippen MR) is 78.2 cm³/mol. The highest BCUT2D eigenvalue weighted by Gasteiger charge is 2.32. The first-order valence-corrected chi connectivity index (χ1v) is 6.55. The number of rotatable bonds is 3. The average molecular weight is 268 g/mol. The number of carbonyl (C=O) groups is 1. The van der Waals surface area contributed by atoms with E-state index in [-0.39, 0.29) is 6.10 Å². The maximum absolute atomic E-state index is 11.4. The fourth-order valence-corrected chi connectivity index (χ4v) is 2.85. The molecule has 102 valence electrons. The summed E-state index contributed by atoms with van der Waals surface area (Å²) in [5.41, 5.74) is 2.08. The summed E-state index contributed by atoms with van der Waals surface area (Å²) in [5.74, 6) is 0.258. The monoisotopic (exact) mass is 268 g/mol. The standard InChI is InChI=1S/C17H16O3/c1-19-16-9-13-7-11-5-3-4-6-12(11)8-14(13)17(20-2)15(16)10-18/h3-10,15,17H,1-2H3. The molecule has 3 heteroatoms. The molecule has 0 fully saturated rings. The van der Waals surface area contributed by atoms with Gasteiger partial charge in [-0.05, 0) is 40.1 Å². The average Bonchev–Trinajstić information content (AvgIpc) is 2.50. The zero-order valence-corrected chi connectivity index (χ0v) is 11.5. The topological polar surface area (TPSA) is 35.5 Å². The zero-order chi connectivity index (χ0) is 14.1. The van der Waals surface area contributed by atoms with Gasteiger partial charge in [-0.15, -0.1) is 0 Å². The second-order valence-corrected chi connectivity index (χ2v) is 4.90. The number of aldehydes is 1. The van der Waals surface area contributed by atoms with E-state index in [4.69, 9.17) is 9.47 Å². The van der Waals surface area contributed by atoms with E-state index in [1.54, 1.807) is 14.2 Å². The molecule has 0 amide bonds. The Labute approximate surface area is 117 Å². The van der Waals surface area contributed by atoms with Gasteiger partial charge in [-0.1, -0.05) is 24.3 Å². The van der Waals surface area contributed by atoms with E-state index in [9.17, 15) is 4.79 Å². The SMILES string of the molecule is COC1=Cc2cc3ccccc3cc2C(OC)C1C=O. The van der Waals surface area contributed by atoms with Crippen molar-refractivity contribution >= 4 is 23.1 Å². The molecule has 0 aliphatic heterocycles. The Hall–Kier alpha value is -2.13. The van der Waals surface area contributed by atoms with Gasteiger partial charge in [0.2, 0.25) is 0 Å². The summed E-state index contributed by atoms with van der Waals surface area (Å²) in [6, 6.07) is 12.4. The first-order chi connectivity index (χ1) is 9.78. The second kappa shape index (κ2) is 5.10. The van der Waals surface area contributed by atoms with E-state index in [1.807, 2.05) is 18.2 Å². The number of ether oxygens (including phenoxy) is 2. The Kier molecular flexibility index (Phi) is 3.28. The van der Waals surface area contributed by atoms with Gasteiger partial charge in [0.05, 0.1) is 13.2 Å². The van der Waals surface area contributed by atoms with Gasteiger partial charge < -0.3 is 14.3 Å². The summed E-state index contributed by atoms with van der Waals surface area (Å²) in [6.07, 6.45) is 2.52. The summed E-state index contributed by atoms with van der Waals surface area (Å²) < 4.78 is 10.9. The van der Waals surface area contributed by atoms with E-state index < -0.39 is 5.92 Å². The lowest BCUT2D eigenvalue weighted by atomic mass is 9.84. The maximum atomic E-state index is 11.4. The van der Waals surface area contributed by atoms with Crippen LogP contribution in [0.25, 0.3) is 16.8 Å². The van der Waals surface area contributed by atoms with Crippen molar-refractivity contribution in [3.05, 3.63) is 53.3 Å². The van der Waals surface area contributed by atoms with Crippen LogP contribution in [0, 0.1) is 5.92 Å². The molecule has 0 saturated carbocycles. The largest absolute Gasteiger partial charge is 0.500 e. The third kappa shape index (κ3) is 1.91. The molecule has 0 aromatic heterocycles. The highest BCUT2D eigenvalue weighted by molar-refractivity contribution is 5.87. The van der Waals surface area contributed by atoms with E-state index in [0.717, 1.165) is 28.2 Å². The highest BCUT2D eigenvalue weighted by Crippen LogP contribution is 2.39. The number of hydrogen-bond acceptors (Lipinski definition) is 3. The molecule has 3 rings (SSSR count). The van der Waals surface area contributed by atoms with Crippen molar-refractivity contribution in [2.75, 3.05) is 14.2 Å². The number of hydrogen-bond donors (Lipinski definition) is 0. The molecule has 1 aliphatic carbocycles. The Morgan fingerprint density at radius 1 is 1.10 bits per heavy atom. The van der Waals surface area contributed by atoms with Crippen LogP contribution in [0.3, 0.4) is 0 Å². The van der Waals surface area contributed by atoms with E-state index in [0.29, 0.717) is 5.76 Å². The fourth-order valence-electron chi connectivity index (χ4n) is 2.85. The van der Waals surface area contributed by atoms with Crippen LogP contribution in [0.4, 0.5) is 0 Å². The third-order valence-electron chi connectivity index (χ3n) is 3.85. The highest BCUT2D eigenvalue weighted by atomic mass is 16.5. The second-order valence-electron chi connectivity index (χ2n) is 4.90. The van der Waals surface area contributed by atoms with Gasteiger partial charge in [0, 0.05) is 7.11 Å². The van der Waals surface area contributed by atoms with Crippen LogP contribution in [0.15, 0.2) is 42.2 Å². The van der Waals surface area contributed by atoms with Crippen LogP contribution in [0.1, 0.15) is 17.2 Å². The molecular formula is C17H16O3. The predicted octanol–water partition coefficient (Wildman–Crippen LogP) is 3.34. The molecule has 0 bridgehead atoms. The molecule has 20 heavy (non-hydrogen) atoms. The van der Waals surface area contributed by atoms with Gasteiger partial charge in [0.15, 0.2) is 0 Å². The first kappa shape index (κ1) is 12.9. The van der Waals surface area contributed by atoms with Crippen molar-refractivity contribution in [3.8, 4) is 0 Å². The Morgan fingerprint density at radius 3 is 2.40 bits per heavy atom. The van der Waals surface area contributed by atoms with Crippen molar-refractivity contribution in [1.29, 1.82) is 0 Å².